The van der Waals surface area contributed by atoms with Gasteiger partial charge in [0.25, 0.3) is 0 Å². The Morgan fingerprint density at radius 3 is 2.50 bits per heavy atom. The maximum Gasteiger partial charge on any atom is 0.345 e. The minimum absolute atomic E-state index is 0.124. The van der Waals surface area contributed by atoms with Crippen LogP contribution in [0.2, 0.25) is 5.02 Å². The number of H-pyrrole nitrogens is 1. The molecule has 1 heterocycles. The van der Waals surface area contributed by atoms with Gasteiger partial charge in [0.2, 0.25) is 0 Å². The van der Waals surface area contributed by atoms with Crippen molar-refractivity contribution in [2.75, 3.05) is 13.7 Å². The highest BCUT2D eigenvalue weighted by Gasteiger charge is 2.21. The van der Waals surface area contributed by atoms with Gasteiger partial charge < -0.3 is 19.6 Å². The standard InChI is InChI=1S/C20H17Cl2N3O5/c1-29-18-8-12(4-7-17(18)30-19(27)16(10-26)25-22)15-9-14(23-20(28)24-15)11-2-5-13(21)6-3-11/h2-9,16,25-26H,10H2,1H3,(H,23,24,28)/t16-/m1/s1. The zero-order chi connectivity index (χ0) is 21.7. The number of aliphatic hydroxyl groups excluding tert-OH is 1. The Morgan fingerprint density at radius 2 is 1.87 bits per heavy atom. The summed E-state index contributed by atoms with van der Waals surface area (Å²) in [6.07, 6.45) is 0. The molecule has 3 aromatic rings. The minimum atomic E-state index is -1.09. The minimum Gasteiger partial charge on any atom is -0.493 e. The average molecular weight is 450 g/mol. The molecule has 0 radical (unpaired) electrons. The molecule has 10 heteroatoms. The summed E-state index contributed by atoms with van der Waals surface area (Å²) in [4.78, 5) is 32.9. The number of nitrogens with zero attached hydrogens (tertiary/aromatic N) is 1. The topological polar surface area (TPSA) is 114 Å². The highest BCUT2D eigenvalue weighted by Crippen LogP contribution is 2.33. The quantitative estimate of drug-likeness (QED) is 0.288. The normalized spacial score (nSPS) is 11.7. The maximum absolute atomic E-state index is 12.1. The summed E-state index contributed by atoms with van der Waals surface area (Å²) in [5, 5.41) is 9.71. The summed E-state index contributed by atoms with van der Waals surface area (Å²) in [5.41, 5.74) is 1.78. The largest absolute Gasteiger partial charge is 0.493 e. The number of esters is 1. The van der Waals surface area contributed by atoms with E-state index in [-0.39, 0.29) is 11.5 Å². The monoisotopic (exact) mass is 449 g/mol. The van der Waals surface area contributed by atoms with E-state index < -0.39 is 24.3 Å². The molecule has 0 spiro atoms. The van der Waals surface area contributed by atoms with Crippen LogP contribution in [0.15, 0.2) is 53.3 Å². The van der Waals surface area contributed by atoms with Crippen molar-refractivity contribution >= 4 is 29.3 Å². The molecule has 8 nitrogen and oxygen atoms in total. The summed E-state index contributed by atoms with van der Waals surface area (Å²) in [6, 6.07) is 12.3. The second-order valence-electron chi connectivity index (χ2n) is 6.12. The fraction of sp³-hybridized carbons (Fsp3) is 0.150. The molecule has 30 heavy (non-hydrogen) atoms. The first-order valence-electron chi connectivity index (χ1n) is 8.69. The Hall–Kier alpha value is -2.91. The van der Waals surface area contributed by atoms with E-state index in [0.717, 1.165) is 5.56 Å². The van der Waals surface area contributed by atoms with Crippen molar-refractivity contribution in [3.05, 3.63) is 64.0 Å². The van der Waals surface area contributed by atoms with Crippen molar-refractivity contribution in [1.29, 1.82) is 0 Å². The first-order chi connectivity index (χ1) is 14.4. The van der Waals surface area contributed by atoms with Crippen molar-refractivity contribution in [3.8, 4) is 34.0 Å². The predicted octanol–water partition coefficient (Wildman–Crippen LogP) is 2.78. The van der Waals surface area contributed by atoms with Gasteiger partial charge in [0.15, 0.2) is 11.5 Å². The van der Waals surface area contributed by atoms with Gasteiger partial charge in [0.05, 0.1) is 25.1 Å². The van der Waals surface area contributed by atoms with E-state index in [1.165, 1.54) is 13.2 Å². The van der Waals surface area contributed by atoms with Gasteiger partial charge in [-0.1, -0.05) is 23.7 Å². The first kappa shape index (κ1) is 21.8. The van der Waals surface area contributed by atoms with Crippen LogP contribution in [0.5, 0.6) is 11.5 Å². The lowest BCUT2D eigenvalue weighted by molar-refractivity contribution is -0.137. The molecular weight excluding hydrogens is 433 g/mol. The van der Waals surface area contributed by atoms with Gasteiger partial charge >= 0.3 is 11.7 Å². The maximum atomic E-state index is 12.1. The predicted molar refractivity (Wildman–Crippen MR) is 113 cm³/mol. The van der Waals surface area contributed by atoms with Crippen molar-refractivity contribution in [2.24, 2.45) is 0 Å². The molecule has 156 valence electrons. The number of carbonyl (C=O) groups excluding carboxylic acids is 1. The van der Waals surface area contributed by atoms with Crippen LogP contribution in [-0.4, -0.2) is 40.8 Å². The van der Waals surface area contributed by atoms with E-state index in [9.17, 15) is 9.59 Å². The Kier molecular flexibility index (Phi) is 7.07. The third-order valence-electron chi connectivity index (χ3n) is 4.17. The lowest BCUT2D eigenvalue weighted by Crippen LogP contribution is -2.37. The molecular formula is C20H17Cl2N3O5. The molecule has 0 saturated heterocycles. The van der Waals surface area contributed by atoms with Crippen molar-refractivity contribution in [1.82, 2.24) is 14.8 Å². The summed E-state index contributed by atoms with van der Waals surface area (Å²) in [5.74, 6) is -0.417. The number of halogens is 2. The Bertz CT molecular complexity index is 1100. The van der Waals surface area contributed by atoms with Crippen molar-refractivity contribution < 1.29 is 19.4 Å². The van der Waals surface area contributed by atoms with Gasteiger partial charge in [0.1, 0.15) is 6.04 Å². The molecule has 0 fully saturated rings. The fourth-order valence-corrected chi connectivity index (χ4v) is 2.92. The van der Waals surface area contributed by atoms with Gasteiger partial charge in [-0.2, -0.15) is 4.98 Å². The Balaban J connectivity index is 1.95. The Morgan fingerprint density at radius 1 is 1.17 bits per heavy atom. The van der Waals surface area contributed by atoms with E-state index in [1.54, 1.807) is 42.5 Å². The fourth-order valence-electron chi connectivity index (χ4n) is 2.63. The van der Waals surface area contributed by atoms with Crippen LogP contribution in [0.1, 0.15) is 0 Å². The second-order valence-corrected chi connectivity index (χ2v) is 6.78. The van der Waals surface area contributed by atoms with Crippen LogP contribution in [0, 0.1) is 0 Å². The average Bonchev–Trinajstić information content (AvgIpc) is 2.75. The summed E-state index contributed by atoms with van der Waals surface area (Å²) in [7, 11) is 1.41. The number of carbonyl (C=O) groups is 1. The van der Waals surface area contributed by atoms with Crippen molar-refractivity contribution in [2.45, 2.75) is 6.04 Å². The summed E-state index contributed by atoms with van der Waals surface area (Å²) in [6.45, 7) is -0.535. The van der Waals surface area contributed by atoms with Crippen LogP contribution in [0.25, 0.3) is 22.5 Å². The van der Waals surface area contributed by atoms with Gasteiger partial charge in [-0.25, -0.2) is 14.4 Å². The molecule has 3 rings (SSSR count). The summed E-state index contributed by atoms with van der Waals surface area (Å²) >= 11 is 11.3. The molecule has 1 aromatic heterocycles. The number of aliphatic hydroxyl groups is 1. The van der Waals surface area contributed by atoms with Crippen LogP contribution in [0.3, 0.4) is 0 Å². The Labute approximate surface area is 181 Å². The third kappa shape index (κ3) is 4.98. The van der Waals surface area contributed by atoms with E-state index in [1.807, 2.05) is 0 Å². The second kappa shape index (κ2) is 9.73. The molecule has 0 aliphatic heterocycles. The van der Waals surface area contributed by atoms with E-state index >= 15 is 0 Å². The first-order valence-corrected chi connectivity index (χ1v) is 9.45. The molecule has 0 aliphatic carbocycles. The number of nitrogens with one attached hydrogen (secondary N) is 2. The van der Waals surface area contributed by atoms with Gasteiger partial charge in [-0.05, 0) is 53.7 Å². The third-order valence-corrected chi connectivity index (χ3v) is 4.68. The number of hydrogen-bond acceptors (Lipinski definition) is 7. The van der Waals surface area contributed by atoms with Crippen LogP contribution in [-0.2, 0) is 4.79 Å². The lowest BCUT2D eigenvalue weighted by atomic mass is 10.1. The highest BCUT2D eigenvalue weighted by atomic mass is 35.5. The zero-order valence-corrected chi connectivity index (χ0v) is 17.2. The SMILES string of the molecule is COc1cc(-c2cc(-c3ccc(Cl)cc3)[nH]c(=O)n2)ccc1OC(=O)[C@@H](CO)NCl. The van der Waals surface area contributed by atoms with Gasteiger partial charge in [-0.3, -0.25) is 0 Å². The molecule has 3 N–H and O–H groups in total. The molecule has 0 saturated carbocycles. The lowest BCUT2D eigenvalue weighted by Gasteiger charge is -2.14. The number of ether oxygens (including phenoxy) is 2. The number of aromatic amines is 1. The molecule has 0 bridgehead atoms. The number of rotatable bonds is 7. The smallest absolute Gasteiger partial charge is 0.345 e. The number of aromatic nitrogens is 2. The van der Waals surface area contributed by atoms with Crippen LogP contribution >= 0.6 is 23.4 Å². The number of methoxy groups -OCH3 is 1. The van der Waals surface area contributed by atoms with Crippen LogP contribution in [0.4, 0.5) is 0 Å². The van der Waals surface area contributed by atoms with E-state index in [4.69, 9.17) is 38.0 Å². The zero-order valence-electron chi connectivity index (χ0n) is 15.7. The molecule has 2 aromatic carbocycles. The molecule has 1 atom stereocenters. The molecule has 0 unspecified atom stereocenters. The van der Waals surface area contributed by atoms with Crippen molar-refractivity contribution in [3.63, 3.8) is 0 Å². The van der Waals surface area contributed by atoms with E-state index in [0.29, 0.717) is 22.0 Å². The molecule has 0 aliphatic rings. The number of hydrogen-bond donors (Lipinski definition) is 3. The number of benzene rings is 2. The van der Waals surface area contributed by atoms with E-state index in [2.05, 4.69) is 14.8 Å². The highest BCUT2D eigenvalue weighted by molar-refractivity contribution is 6.30. The van der Waals surface area contributed by atoms with Gasteiger partial charge in [0, 0.05) is 10.6 Å². The van der Waals surface area contributed by atoms with Crippen LogP contribution < -0.4 is 20.0 Å². The summed E-state index contributed by atoms with van der Waals surface area (Å²) < 4.78 is 10.5. The molecule has 0 amide bonds. The van der Waals surface area contributed by atoms with Gasteiger partial charge in [-0.15, -0.1) is 0 Å².